The number of benzene rings is 2. The Hall–Kier alpha value is -2.49. The van der Waals surface area contributed by atoms with Crippen molar-refractivity contribution < 1.29 is 14.3 Å². The third kappa shape index (κ3) is 5.52. The molecule has 2 rings (SSSR count). The largest absolute Gasteiger partial charge is 0.494 e. The highest BCUT2D eigenvalue weighted by Crippen LogP contribution is 2.21. The van der Waals surface area contributed by atoms with Gasteiger partial charge < -0.3 is 14.8 Å². The lowest BCUT2D eigenvalue weighted by Crippen LogP contribution is -2.37. The summed E-state index contributed by atoms with van der Waals surface area (Å²) in [6, 6.07) is 13.8. The highest BCUT2D eigenvalue weighted by Gasteiger charge is 2.19. The normalized spacial score (nSPS) is 11.7. The molecule has 2 aromatic rings. The van der Waals surface area contributed by atoms with Gasteiger partial charge in [0.05, 0.1) is 6.61 Å². The van der Waals surface area contributed by atoms with E-state index in [9.17, 15) is 4.79 Å². The van der Waals surface area contributed by atoms with E-state index in [-0.39, 0.29) is 5.91 Å². The molecule has 0 aliphatic rings. The summed E-state index contributed by atoms with van der Waals surface area (Å²) < 4.78 is 11.4. The van der Waals surface area contributed by atoms with E-state index in [4.69, 9.17) is 9.47 Å². The van der Waals surface area contributed by atoms with Crippen LogP contribution < -0.4 is 14.8 Å². The standard InChI is InChI=1S/C21H27NO3/c1-5-19(25-20-12-15(3)10-11-16(20)4)21(23)22-14-17-8-7-9-18(13-17)24-6-2/h7-13,19H,5-6,14H2,1-4H3,(H,22,23)/t19-/m1/s1. The van der Waals surface area contributed by atoms with Crippen LogP contribution in [0.4, 0.5) is 0 Å². The van der Waals surface area contributed by atoms with Gasteiger partial charge in [0, 0.05) is 6.54 Å². The zero-order valence-electron chi connectivity index (χ0n) is 15.5. The maximum Gasteiger partial charge on any atom is 0.261 e. The highest BCUT2D eigenvalue weighted by molar-refractivity contribution is 5.81. The van der Waals surface area contributed by atoms with E-state index >= 15 is 0 Å². The van der Waals surface area contributed by atoms with Crippen molar-refractivity contribution in [1.29, 1.82) is 0 Å². The van der Waals surface area contributed by atoms with Gasteiger partial charge in [0.2, 0.25) is 0 Å². The lowest BCUT2D eigenvalue weighted by Gasteiger charge is -2.19. The number of ether oxygens (including phenoxy) is 2. The molecule has 1 N–H and O–H groups in total. The maximum atomic E-state index is 12.5. The quantitative estimate of drug-likeness (QED) is 0.784. The third-order valence-corrected chi connectivity index (χ3v) is 3.95. The van der Waals surface area contributed by atoms with Crippen LogP contribution >= 0.6 is 0 Å². The van der Waals surface area contributed by atoms with Crippen LogP contribution in [-0.4, -0.2) is 18.6 Å². The smallest absolute Gasteiger partial charge is 0.261 e. The SMILES string of the molecule is CCOc1cccc(CNC(=O)[C@@H](CC)Oc2cc(C)ccc2C)c1. The molecule has 134 valence electrons. The van der Waals surface area contributed by atoms with Gasteiger partial charge in [-0.2, -0.15) is 0 Å². The Kier molecular flexibility index (Phi) is 6.87. The molecule has 0 aliphatic heterocycles. The Labute approximate surface area is 150 Å². The second-order valence-corrected chi connectivity index (χ2v) is 6.08. The fourth-order valence-electron chi connectivity index (χ4n) is 2.52. The van der Waals surface area contributed by atoms with Crippen molar-refractivity contribution in [2.75, 3.05) is 6.61 Å². The van der Waals surface area contributed by atoms with Gasteiger partial charge in [-0.05, 0) is 62.1 Å². The molecular weight excluding hydrogens is 314 g/mol. The number of carbonyl (C=O) groups is 1. The average molecular weight is 341 g/mol. The van der Waals surface area contributed by atoms with Crippen LogP contribution in [0.25, 0.3) is 0 Å². The molecule has 0 aromatic heterocycles. The Morgan fingerprint density at radius 3 is 2.64 bits per heavy atom. The van der Waals surface area contributed by atoms with Gasteiger partial charge in [0.25, 0.3) is 5.91 Å². The molecule has 0 aliphatic carbocycles. The molecule has 0 saturated heterocycles. The molecule has 25 heavy (non-hydrogen) atoms. The van der Waals surface area contributed by atoms with Gasteiger partial charge in [-0.1, -0.05) is 31.2 Å². The monoisotopic (exact) mass is 341 g/mol. The van der Waals surface area contributed by atoms with Crippen molar-refractivity contribution in [3.8, 4) is 11.5 Å². The maximum absolute atomic E-state index is 12.5. The van der Waals surface area contributed by atoms with Crippen LogP contribution in [0.15, 0.2) is 42.5 Å². The van der Waals surface area contributed by atoms with Gasteiger partial charge >= 0.3 is 0 Å². The fraction of sp³-hybridized carbons (Fsp3) is 0.381. The van der Waals surface area contributed by atoms with Crippen LogP contribution in [0.5, 0.6) is 11.5 Å². The van der Waals surface area contributed by atoms with Crippen molar-refractivity contribution in [3.63, 3.8) is 0 Å². The van der Waals surface area contributed by atoms with Crippen molar-refractivity contribution >= 4 is 5.91 Å². The fourth-order valence-corrected chi connectivity index (χ4v) is 2.52. The molecule has 0 heterocycles. The molecule has 2 aromatic carbocycles. The second-order valence-electron chi connectivity index (χ2n) is 6.08. The first-order valence-corrected chi connectivity index (χ1v) is 8.76. The second kappa shape index (κ2) is 9.11. The number of rotatable bonds is 8. The summed E-state index contributed by atoms with van der Waals surface area (Å²) in [6.45, 7) is 8.97. The molecule has 1 amide bonds. The van der Waals surface area contributed by atoms with E-state index in [2.05, 4.69) is 5.32 Å². The number of amides is 1. The minimum absolute atomic E-state index is 0.106. The average Bonchev–Trinajstić information content (AvgIpc) is 2.61. The molecule has 1 atom stereocenters. The summed E-state index contributed by atoms with van der Waals surface area (Å²) in [5.74, 6) is 1.47. The topological polar surface area (TPSA) is 47.6 Å². The Morgan fingerprint density at radius 2 is 1.92 bits per heavy atom. The molecular formula is C21H27NO3. The van der Waals surface area contributed by atoms with E-state index < -0.39 is 6.10 Å². The predicted molar refractivity (Wildman–Crippen MR) is 100 cm³/mol. The first kappa shape index (κ1) is 18.8. The Balaban J connectivity index is 1.98. The zero-order chi connectivity index (χ0) is 18.2. The summed E-state index contributed by atoms with van der Waals surface area (Å²) in [6.07, 6.45) is 0.105. The summed E-state index contributed by atoms with van der Waals surface area (Å²) in [7, 11) is 0. The van der Waals surface area contributed by atoms with Gasteiger partial charge in [0.1, 0.15) is 11.5 Å². The lowest BCUT2D eigenvalue weighted by atomic mass is 10.1. The lowest BCUT2D eigenvalue weighted by molar-refractivity contribution is -0.128. The highest BCUT2D eigenvalue weighted by atomic mass is 16.5. The molecule has 0 bridgehead atoms. The van der Waals surface area contributed by atoms with Crippen LogP contribution in [0.2, 0.25) is 0 Å². The van der Waals surface area contributed by atoms with E-state index in [1.165, 1.54) is 0 Å². The van der Waals surface area contributed by atoms with E-state index in [0.717, 1.165) is 28.2 Å². The van der Waals surface area contributed by atoms with Gasteiger partial charge in [0.15, 0.2) is 6.10 Å². The molecule has 0 unspecified atom stereocenters. The van der Waals surface area contributed by atoms with E-state index in [0.29, 0.717) is 19.6 Å². The van der Waals surface area contributed by atoms with E-state index in [1.807, 2.05) is 70.2 Å². The molecule has 4 nitrogen and oxygen atoms in total. The Morgan fingerprint density at radius 1 is 1.12 bits per heavy atom. The molecule has 0 spiro atoms. The van der Waals surface area contributed by atoms with Crippen LogP contribution in [0.1, 0.15) is 37.0 Å². The summed E-state index contributed by atoms with van der Waals surface area (Å²) in [5.41, 5.74) is 3.14. The van der Waals surface area contributed by atoms with Crippen molar-refractivity contribution in [3.05, 3.63) is 59.2 Å². The number of nitrogens with one attached hydrogen (secondary N) is 1. The molecule has 4 heteroatoms. The number of hydrogen-bond acceptors (Lipinski definition) is 3. The number of aryl methyl sites for hydroxylation is 2. The summed E-state index contributed by atoms with van der Waals surface area (Å²) >= 11 is 0. The first-order chi connectivity index (χ1) is 12.0. The predicted octanol–water partition coefficient (Wildman–Crippen LogP) is 4.18. The van der Waals surface area contributed by atoms with Crippen molar-refractivity contribution in [2.45, 2.75) is 46.8 Å². The summed E-state index contributed by atoms with van der Waals surface area (Å²) in [4.78, 5) is 12.5. The van der Waals surface area contributed by atoms with Crippen molar-refractivity contribution in [2.24, 2.45) is 0 Å². The van der Waals surface area contributed by atoms with Crippen LogP contribution in [-0.2, 0) is 11.3 Å². The van der Waals surface area contributed by atoms with Crippen molar-refractivity contribution in [1.82, 2.24) is 5.32 Å². The van der Waals surface area contributed by atoms with Crippen LogP contribution in [0, 0.1) is 13.8 Å². The minimum atomic E-state index is -0.504. The zero-order valence-corrected chi connectivity index (χ0v) is 15.5. The molecule has 0 saturated carbocycles. The third-order valence-electron chi connectivity index (χ3n) is 3.95. The first-order valence-electron chi connectivity index (χ1n) is 8.76. The van der Waals surface area contributed by atoms with Crippen LogP contribution in [0.3, 0.4) is 0 Å². The van der Waals surface area contributed by atoms with E-state index in [1.54, 1.807) is 0 Å². The number of hydrogen-bond donors (Lipinski definition) is 1. The van der Waals surface area contributed by atoms with Gasteiger partial charge in [-0.15, -0.1) is 0 Å². The Bertz CT molecular complexity index is 712. The summed E-state index contributed by atoms with van der Waals surface area (Å²) in [5, 5.41) is 2.95. The minimum Gasteiger partial charge on any atom is -0.494 e. The molecule has 0 fully saturated rings. The molecule has 0 radical (unpaired) electrons. The van der Waals surface area contributed by atoms with Gasteiger partial charge in [-0.25, -0.2) is 0 Å². The van der Waals surface area contributed by atoms with Gasteiger partial charge in [-0.3, -0.25) is 4.79 Å². The number of carbonyl (C=O) groups excluding carboxylic acids is 1.